The van der Waals surface area contributed by atoms with Crippen LogP contribution in [-0.4, -0.2) is 89.5 Å². The lowest BCUT2D eigenvalue weighted by atomic mass is 10.3. The molecule has 0 saturated heterocycles. The second-order valence-corrected chi connectivity index (χ2v) is 7.68. The molecule has 22 heavy (non-hydrogen) atoms. The zero-order valence-corrected chi connectivity index (χ0v) is 15.2. The predicted octanol–water partition coefficient (Wildman–Crippen LogP) is 1.05. The zero-order valence-electron chi connectivity index (χ0n) is 15.2. The third-order valence-electron chi connectivity index (χ3n) is 3.01. The summed E-state index contributed by atoms with van der Waals surface area (Å²) in [6.07, 6.45) is 1.84. The molecule has 0 unspecified atom stereocenters. The molecule has 0 amide bonds. The molecule has 0 N–H and O–H groups in total. The van der Waals surface area contributed by atoms with Crippen LogP contribution in [0, 0.1) is 0 Å². The minimum Gasteiger partial charge on any atom is -0.465 e. The number of carbonyl (C=O) groups is 2. The fourth-order valence-electron chi connectivity index (χ4n) is 1.80. The molecule has 0 fully saturated rings. The molecule has 0 radical (unpaired) electrons. The Labute approximate surface area is 135 Å². The second kappa shape index (κ2) is 9.79. The van der Waals surface area contributed by atoms with Crippen LogP contribution in [0.1, 0.15) is 25.7 Å². The third kappa shape index (κ3) is 15.3. The molecule has 0 heterocycles. The van der Waals surface area contributed by atoms with Crippen molar-refractivity contribution in [3.63, 3.8) is 0 Å². The van der Waals surface area contributed by atoms with Crippen LogP contribution in [0.15, 0.2) is 0 Å². The Morgan fingerprint density at radius 1 is 0.682 bits per heavy atom. The van der Waals surface area contributed by atoms with Gasteiger partial charge in [-0.1, -0.05) is 0 Å². The normalized spacial score (nSPS) is 12.1. The van der Waals surface area contributed by atoms with Crippen molar-refractivity contribution in [3.8, 4) is 0 Å². The molecule has 0 aromatic heterocycles. The van der Waals surface area contributed by atoms with Crippen LogP contribution in [0.5, 0.6) is 0 Å². The SMILES string of the molecule is C[N+](C)(C)CCCOC(=O)CCC(=O)OCCC[N+](C)(C)C. The standard InChI is InChI=1S/C16H34N2O4/c1-17(2,3)11-7-13-21-15(19)9-10-16(20)22-14-8-12-18(4,5)6/h7-14H2,1-6H3/q+2. The molecule has 130 valence electrons. The van der Waals surface area contributed by atoms with Crippen molar-refractivity contribution in [2.45, 2.75) is 25.7 Å². The van der Waals surface area contributed by atoms with Gasteiger partial charge in [0, 0.05) is 12.8 Å². The molecular weight excluding hydrogens is 284 g/mol. The first kappa shape index (κ1) is 20.9. The second-order valence-electron chi connectivity index (χ2n) is 7.68. The summed E-state index contributed by atoms with van der Waals surface area (Å²) >= 11 is 0. The molecule has 0 spiro atoms. The van der Waals surface area contributed by atoms with Crippen LogP contribution >= 0.6 is 0 Å². The highest BCUT2D eigenvalue weighted by Gasteiger charge is 2.12. The molecule has 0 bridgehead atoms. The van der Waals surface area contributed by atoms with E-state index in [1.807, 2.05) is 0 Å². The number of esters is 2. The molecule has 0 aromatic carbocycles. The predicted molar refractivity (Wildman–Crippen MR) is 86.2 cm³/mol. The lowest BCUT2D eigenvalue weighted by Crippen LogP contribution is -2.36. The van der Waals surface area contributed by atoms with Gasteiger partial charge in [0.2, 0.25) is 0 Å². The van der Waals surface area contributed by atoms with Crippen LogP contribution in [-0.2, 0) is 19.1 Å². The van der Waals surface area contributed by atoms with Crippen molar-refractivity contribution < 1.29 is 28.0 Å². The van der Waals surface area contributed by atoms with Crippen molar-refractivity contribution in [1.29, 1.82) is 0 Å². The summed E-state index contributed by atoms with van der Waals surface area (Å²) in [5.74, 6) is -0.658. The van der Waals surface area contributed by atoms with Gasteiger partial charge in [0.25, 0.3) is 0 Å². The first-order chi connectivity index (χ1) is 9.99. The Morgan fingerprint density at radius 2 is 1.00 bits per heavy atom. The monoisotopic (exact) mass is 318 g/mol. The maximum atomic E-state index is 11.5. The van der Waals surface area contributed by atoms with Gasteiger partial charge in [0.1, 0.15) is 0 Å². The van der Waals surface area contributed by atoms with E-state index in [0.717, 1.165) is 34.9 Å². The van der Waals surface area contributed by atoms with Gasteiger partial charge in [-0.25, -0.2) is 0 Å². The highest BCUT2D eigenvalue weighted by molar-refractivity contribution is 5.77. The van der Waals surface area contributed by atoms with E-state index in [4.69, 9.17) is 9.47 Å². The average molecular weight is 318 g/mol. The first-order valence-corrected chi connectivity index (χ1v) is 7.92. The van der Waals surface area contributed by atoms with E-state index in [1.165, 1.54) is 0 Å². The Morgan fingerprint density at radius 3 is 1.27 bits per heavy atom. The van der Waals surface area contributed by atoms with Gasteiger partial charge < -0.3 is 18.4 Å². The smallest absolute Gasteiger partial charge is 0.306 e. The summed E-state index contributed by atoms with van der Waals surface area (Å²) < 4.78 is 11.9. The van der Waals surface area contributed by atoms with E-state index in [-0.39, 0.29) is 24.8 Å². The highest BCUT2D eigenvalue weighted by atomic mass is 16.5. The molecular formula is C16H34N2O4+2. The fourth-order valence-corrected chi connectivity index (χ4v) is 1.80. The molecule has 0 atom stereocenters. The molecule has 0 aliphatic heterocycles. The lowest BCUT2D eigenvalue weighted by molar-refractivity contribution is -0.870. The Kier molecular flexibility index (Phi) is 9.28. The minimum absolute atomic E-state index is 0.0958. The van der Waals surface area contributed by atoms with Gasteiger partial charge in [-0.3, -0.25) is 9.59 Å². The number of hydrogen-bond donors (Lipinski definition) is 0. The van der Waals surface area contributed by atoms with E-state index >= 15 is 0 Å². The number of quaternary nitrogens is 2. The van der Waals surface area contributed by atoms with E-state index in [0.29, 0.717) is 13.2 Å². The number of ether oxygens (including phenoxy) is 2. The van der Waals surface area contributed by atoms with Crippen molar-refractivity contribution in [3.05, 3.63) is 0 Å². The van der Waals surface area contributed by atoms with Gasteiger partial charge >= 0.3 is 11.9 Å². The lowest BCUT2D eigenvalue weighted by Gasteiger charge is -2.23. The molecule has 0 aliphatic carbocycles. The first-order valence-electron chi connectivity index (χ1n) is 7.92. The summed E-state index contributed by atoms with van der Waals surface area (Å²) in [5.41, 5.74) is 0. The van der Waals surface area contributed by atoms with Crippen molar-refractivity contribution in [2.24, 2.45) is 0 Å². The quantitative estimate of drug-likeness (QED) is 0.325. The number of nitrogens with zero attached hydrogens (tertiary/aromatic N) is 2. The van der Waals surface area contributed by atoms with Gasteiger partial charge in [0.15, 0.2) is 0 Å². The molecule has 6 heteroatoms. The number of rotatable bonds is 11. The van der Waals surface area contributed by atoms with Crippen LogP contribution < -0.4 is 0 Å². The van der Waals surface area contributed by atoms with Crippen molar-refractivity contribution in [2.75, 3.05) is 68.6 Å². The molecule has 0 aromatic rings. The average Bonchev–Trinajstić information content (AvgIpc) is 2.35. The largest absolute Gasteiger partial charge is 0.465 e. The van der Waals surface area contributed by atoms with E-state index in [2.05, 4.69) is 42.3 Å². The maximum Gasteiger partial charge on any atom is 0.306 e. The maximum absolute atomic E-state index is 11.5. The van der Waals surface area contributed by atoms with E-state index in [1.54, 1.807) is 0 Å². The summed E-state index contributed by atoms with van der Waals surface area (Å²) in [6.45, 7) is 2.71. The van der Waals surface area contributed by atoms with E-state index in [9.17, 15) is 9.59 Å². The van der Waals surface area contributed by atoms with Gasteiger partial charge in [-0.15, -0.1) is 0 Å². The Hall–Kier alpha value is -1.14. The Bertz CT molecular complexity index is 309. The van der Waals surface area contributed by atoms with Crippen LogP contribution in [0.2, 0.25) is 0 Å². The summed E-state index contributed by atoms with van der Waals surface area (Å²) in [4.78, 5) is 23.0. The van der Waals surface area contributed by atoms with Gasteiger partial charge in [-0.2, -0.15) is 0 Å². The molecule has 0 aliphatic rings. The molecule has 0 rings (SSSR count). The van der Waals surface area contributed by atoms with E-state index < -0.39 is 0 Å². The van der Waals surface area contributed by atoms with Crippen LogP contribution in [0.3, 0.4) is 0 Å². The number of hydrogen-bond acceptors (Lipinski definition) is 4. The molecule has 6 nitrogen and oxygen atoms in total. The Balaban J connectivity index is 3.59. The van der Waals surface area contributed by atoms with Crippen molar-refractivity contribution in [1.82, 2.24) is 0 Å². The van der Waals surface area contributed by atoms with Crippen molar-refractivity contribution >= 4 is 11.9 Å². The van der Waals surface area contributed by atoms with Crippen LogP contribution in [0.25, 0.3) is 0 Å². The fraction of sp³-hybridized carbons (Fsp3) is 0.875. The third-order valence-corrected chi connectivity index (χ3v) is 3.01. The summed E-state index contributed by atoms with van der Waals surface area (Å²) in [5, 5.41) is 0. The zero-order chi connectivity index (χ0) is 17.2. The topological polar surface area (TPSA) is 52.6 Å². The van der Waals surface area contributed by atoms with Gasteiger partial charge in [-0.05, 0) is 0 Å². The van der Waals surface area contributed by atoms with Gasteiger partial charge in [0.05, 0.1) is 81.4 Å². The number of carbonyl (C=O) groups excluding carboxylic acids is 2. The summed E-state index contributed by atoms with van der Waals surface area (Å²) in [7, 11) is 12.6. The molecule has 0 saturated carbocycles. The highest BCUT2D eigenvalue weighted by Crippen LogP contribution is 2.00. The summed E-state index contributed by atoms with van der Waals surface area (Å²) in [6, 6.07) is 0. The van der Waals surface area contributed by atoms with Crippen LogP contribution in [0.4, 0.5) is 0 Å². The minimum atomic E-state index is -0.329.